The third kappa shape index (κ3) is 3.57. The van der Waals surface area contributed by atoms with Gasteiger partial charge in [0, 0.05) is 18.4 Å². The number of urea groups is 1. The highest BCUT2D eigenvalue weighted by atomic mass is 79.9. The SMILES string of the molecule is CC(=O)N(C)C(=O)NC(Br)(C(=O)O)c1ccc(Br)cc1. The molecule has 0 bridgehead atoms. The van der Waals surface area contributed by atoms with Crippen LogP contribution in [0.4, 0.5) is 4.79 Å². The van der Waals surface area contributed by atoms with E-state index in [1.165, 1.54) is 14.0 Å². The van der Waals surface area contributed by atoms with Gasteiger partial charge in [-0.3, -0.25) is 9.69 Å². The summed E-state index contributed by atoms with van der Waals surface area (Å²) in [6, 6.07) is 5.56. The van der Waals surface area contributed by atoms with Crippen molar-refractivity contribution in [2.24, 2.45) is 0 Å². The zero-order chi connectivity index (χ0) is 15.5. The van der Waals surface area contributed by atoms with Gasteiger partial charge in [0.2, 0.25) is 10.4 Å². The predicted octanol–water partition coefficient (Wildman–Crippen LogP) is 2.27. The number of amides is 3. The molecule has 0 heterocycles. The summed E-state index contributed by atoms with van der Waals surface area (Å²) in [5.74, 6) is -1.80. The lowest BCUT2D eigenvalue weighted by Gasteiger charge is -2.27. The van der Waals surface area contributed by atoms with Crippen molar-refractivity contribution < 1.29 is 19.5 Å². The standard InChI is InChI=1S/C12H12Br2N2O4/c1-7(17)16(2)11(20)15-12(14,10(18)19)8-3-5-9(13)6-4-8/h3-6H,1-2H3,(H,15,20)(H,18,19). The van der Waals surface area contributed by atoms with E-state index in [1.54, 1.807) is 24.3 Å². The highest BCUT2D eigenvalue weighted by molar-refractivity contribution is 9.10. The lowest BCUT2D eigenvalue weighted by atomic mass is 10.1. The largest absolute Gasteiger partial charge is 0.479 e. The van der Waals surface area contributed by atoms with Gasteiger partial charge in [0.15, 0.2) is 0 Å². The maximum atomic E-state index is 11.8. The molecule has 2 N–H and O–H groups in total. The first-order valence-corrected chi connectivity index (χ1v) is 7.02. The van der Waals surface area contributed by atoms with Crippen LogP contribution < -0.4 is 5.32 Å². The highest BCUT2D eigenvalue weighted by Gasteiger charge is 2.40. The fourth-order valence-corrected chi connectivity index (χ4v) is 2.00. The summed E-state index contributed by atoms with van der Waals surface area (Å²) in [5.41, 5.74) is 0.318. The molecule has 0 saturated carbocycles. The van der Waals surface area contributed by atoms with Crippen LogP contribution in [0.1, 0.15) is 12.5 Å². The van der Waals surface area contributed by atoms with Crippen molar-refractivity contribution in [2.45, 2.75) is 11.4 Å². The highest BCUT2D eigenvalue weighted by Crippen LogP contribution is 2.30. The topological polar surface area (TPSA) is 86.7 Å². The molecule has 0 fully saturated rings. The van der Waals surface area contributed by atoms with Crippen LogP contribution in [0.2, 0.25) is 0 Å². The number of benzene rings is 1. The van der Waals surface area contributed by atoms with Gasteiger partial charge in [-0.25, -0.2) is 9.59 Å². The second kappa shape index (κ2) is 6.36. The third-order valence-electron chi connectivity index (χ3n) is 2.59. The fourth-order valence-electron chi connectivity index (χ4n) is 1.30. The average molecular weight is 408 g/mol. The van der Waals surface area contributed by atoms with Crippen LogP contribution in [-0.4, -0.2) is 35.0 Å². The molecular weight excluding hydrogens is 396 g/mol. The minimum absolute atomic E-state index is 0.318. The molecule has 0 spiro atoms. The Labute approximate surface area is 132 Å². The van der Waals surface area contributed by atoms with Crippen LogP contribution in [0.5, 0.6) is 0 Å². The molecule has 0 aliphatic heterocycles. The van der Waals surface area contributed by atoms with E-state index < -0.39 is 22.4 Å². The van der Waals surface area contributed by atoms with Gasteiger partial charge >= 0.3 is 12.0 Å². The molecule has 1 atom stereocenters. The van der Waals surface area contributed by atoms with E-state index in [-0.39, 0.29) is 0 Å². The zero-order valence-electron chi connectivity index (χ0n) is 10.7. The Bertz CT molecular complexity index is 547. The lowest BCUT2D eigenvalue weighted by molar-refractivity contribution is -0.141. The van der Waals surface area contributed by atoms with Crippen molar-refractivity contribution >= 4 is 49.8 Å². The maximum absolute atomic E-state index is 11.8. The summed E-state index contributed by atoms with van der Waals surface area (Å²) in [6.45, 7) is 1.20. The molecule has 1 aromatic carbocycles. The summed E-state index contributed by atoms with van der Waals surface area (Å²) in [6.07, 6.45) is 0. The van der Waals surface area contributed by atoms with Gasteiger partial charge in [0.05, 0.1) is 0 Å². The maximum Gasteiger partial charge on any atom is 0.345 e. The van der Waals surface area contributed by atoms with Crippen molar-refractivity contribution in [3.05, 3.63) is 34.3 Å². The van der Waals surface area contributed by atoms with Gasteiger partial charge in [0.1, 0.15) is 0 Å². The molecule has 108 valence electrons. The Balaban J connectivity index is 3.10. The Morgan fingerprint density at radius 1 is 1.25 bits per heavy atom. The van der Waals surface area contributed by atoms with Crippen LogP contribution in [0.15, 0.2) is 28.7 Å². The van der Waals surface area contributed by atoms with Crippen LogP contribution in [-0.2, 0) is 14.0 Å². The third-order valence-corrected chi connectivity index (χ3v) is 4.12. The van der Waals surface area contributed by atoms with Gasteiger partial charge in [-0.2, -0.15) is 0 Å². The Kier molecular flexibility index (Phi) is 5.29. The zero-order valence-corrected chi connectivity index (χ0v) is 13.9. The lowest BCUT2D eigenvalue weighted by Crippen LogP contribution is -2.52. The minimum atomic E-state index is -1.81. The number of alkyl halides is 1. The molecular formula is C12H12Br2N2O4. The van der Waals surface area contributed by atoms with Crippen LogP contribution in [0, 0.1) is 0 Å². The molecule has 6 nitrogen and oxygen atoms in total. The van der Waals surface area contributed by atoms with Crippen molar-refractivity contribution in [3.63, 3.8) is 0 Å². The number of halogens is 2. The normalized spacial score (nSPS) is 13.2. The predicted molar refractivity (Wildman–Crippen MR) is 79.4 cm³/mol. The first kappa shape index (κ1) is 16.6. The van der Waals surface area contributed by atoms with Crippen molar-refractivity contribution in [2.75, 3.05) is 7.05 Å². The first-order valence-electron chi connectivity index (χ1n) is 5.43. The summed E-state index contributed by atoms with van der Waals surface area (Å²) in [4.78, 5) is 35.2. The number of carbonyl (C=O) groups excluding carboxylic acids is 2. The van der Waals surface area contributed by atoms with Gasteiger partial charge in [-0.15, -0.1) is 0 Å². The first-order chi connectivity index (χ1) is 9.18. The number of nitrogens with zero attached hydrogens (tertiary/aromatic N) is 1. The number of aliphatic carboxylic acids is 1. The van der Waals surface area contributed by atoms with E-state index in [9.17, 15) is 19.5 Å². The molecule has 3 amide bonds. The minimum Gasteiger partial charge on any atom is -0.479 e. The van der Waals surface area contributed by atoms with Gasteiger partial charge in [-0.05, 0) is 33.6 Å². The number of hydrogen-bond acceptors (Lipinski definition) is 3. The summed E-state index contributed by atoms with van der Waals surface area (Å²) >= 11 is 6.26. The molecule has 0 radical (unpaired) electrons. The van der Waals surface area contributed by atoms with E-state index >= 15 is 0 Å². The second-order valence-corrected chi connectivity index (χ2v) is 6.08. The molecule has 20 heavy (non-hydrogen) atoms. The van der Waals surface area contributed by atoms with Crippen LogP contribution in [0.25, 0.3) is 0 Å². The Morgan fingerprint density at radius 3 is 2.15 bits per heavy atom. The van der Waals surface area contributed by atoms with Gasteiger partial charge in [-0.1, -0.05) is 28.1 Å². The van der Waals surface area contributed by atoms with E-state index in [0.717, 1.165) is 9.37 Å². The number of rotatable bonds is 3. The number of carbonyl (C=O) groups is 3. The van der Waals surface area contributed by atoms with E-state index in [4.69, 9.17) is 0 Å². The van der Waals surface area contributed by atoms with E-state index in [1.807, 2.05) is 0 Å². The molecule has 0 aliphatic carbocycles. The second-order valence-electron chi connectivity index (χ2n) is 3.98. The van der Waals surface area contributed by atoms with E-state index in [0.29, 0.717) is 5.56 Å². The number of carboxylic acid groups (broad SMARTS) is 1. The molecule has 0 saturated heterocycles. The van der Waals surface area contributed by atoms with Crippen molar-refractivity contribution in [3.8, 4) is 0 Å². The quantitative estimate of drug-likeness (QED) is 0.594. The smallest absolute Gasteiger partial charge is 0.345 e. The number of nitrogens with one attached hydrogen (secondary N) is 1. The molecule has 0 aromatic heterocycles. The summed E-state index contributed by atoms with van der Waals surface area (Å²) in [5, 5.41) is 11.6. The molecule has 1 aromatic rings. The molecule has 1 unspecified atom stereocenters. The van der Waals surface area contributed by atoms with Crippen LogP contribution >= 0.6 is 31.9 Å². The summed E-state index contributed by atoms with van der Waals surface area (Å²) in [7, 11) is 1.26. The molecule has 1 rings (SSSR count). The number of imide groups is 1. The average Bonchev–Trinajstić information content (AvgIpc) is 2.37. The number of carboxylic acids is 1. The van der Waals surface area contributed by atoms with Gasteiger partial charge in [0.25, 0.3) is 0 Å². The van der Waals surface area contributed by atoms with Crippen molar-refractivity contribution in [1.29, 1.82) is 0 Å². The van der Waals surface area contributed by atoms with Crippen molar-refractivity contribution in [1.82, 2.24) is 10.2 Å². The fraction of sp³-hybridized carbons (Fsp3) is 0.250. The summed E-state index contributed by atoms with van der Waals surface area (Å²) < 4.78 is -1.04. The monoisotopic (exact) mass is 406 g/mol. The number of hydrogen-bond donors (Lipinski definition) is 2. The van der Waals surface area contributed by atoms with E-state index in [2.05, 4.69) is 37.2 Å². The molecule has 8 heteroatoms. The van der Waals surface area contributed by atoms with Gasteiger partial charge < -0.3 is 10.4 Å². The molecule has 0 aliphatic rings. The Hall–Kier alpha value is -1.41. The van der Waals surface area contributed by atoms with Crippen LogP contribution in [0.3, 0.4) is 0 Å². The Morgan fingerprint density at radius 2 is 1.75 bits per heavy atom.